The van der Waals surface area contributed by atoms with Gasteiger partial charge < -0.3 is 15.4 Å². The van der Waals surface area contributed by atoms with Crippen LogP contribution < -0.4 is 15.4 Å². The first-order valence-electron chi connectivity index (χ1n) is 7.00. The molecule has 0 saturated heterocycles. The van der Waals surface area contributed by atoms with Crippen LogP contribution in [0.4, 0.5) is 10.7 Å². The molecule has 0 spiro atoms. The van der Waals surface area contributed by atoms with Crippen molar-refractivity contribution in [3.8, 4) is 5.75 Å². The van der Waals surface area contributed by atoms with Crippen molar-refractivity contribution in [1.29, 1.82) is 0 Å². The van der Waals surface area contributed by atoms with Gasteiger partial charge in [-0.15, -0.1) is 11.3 Å². The Morgan fingerprint density at radius 2 is 1.75 bits per heavy atom. The first kappa shape index (κ1) is 16.8. The third-order valence-electron chi connectivity index (χ3n) is 2.86. The van der Waals surface area contributed by atoms with E-state index >= 15 is 0 Å². The molecule has 0 radical (unpaired) electrons. The summed E-state index contributed by atoms with van der Waals surface area (Å²) >= 11 is 1.44. The predicted molar refractivity (Wildman–Crippen MR) is 87.2 cm³/mol. The van der Waals surface area contributed by atoms with Crippen LogP contribution in [0.3, 0.4) is 0 Å². The van der Waals surface area contributed by atoms with Gasteiger partial charge in [-0.1, -0.05) is 27.7 Å². The standard InChI is InChI=1S/C15H26N2O2S/c1-9(2)7-17(8-10(3)4)15-13(19-6)12(16)14(20-15)11(5)18/h9-10H,7-8,16H2,1-6H3. The van der Waals surface area contributed by atoms with Crippen molar-refractivity contribution in [3.63, 3.8) is 0 Å². The van der Waals surface area contributed by atoms with Gasteiger partial charge in [0.05, 0.1) is 17.7 Å². The average molecular weight is 298 g/mol. The number of nitrogens with two attached hydrogens (primary N) is 1. The second-order valence-corrected chi connectivity index (χ2v) is 6.93. The van der Waals surface area contributed by atoms with E-state index in [4.69, 9.17) is 10.5 Å². The highest BCUT2D eigenvalue weighted by Crippen LogP contribution is 2.45. The molecule has 1 aromatic rings. The van der Waals surface area contributed by atoms with Crippen molar-refractivity contribution in [3.05, 3.63) is 4.88 Å². The van der Waals surface area contributed by atoms with Crippen LogP contribution in [0, 0.1) is 11.8 Å². The first-order chi connectivity index (χ1) is 9.27. The number of thiophene rings is 1. The minimum atomic E-state index is -0.00825. The fraction of sp³-hybridized carbons (Fsp3) is 0.667. The molecule has 1 heterocycles. The average Bonchev–Trinajstić information content (AvgIpc) is 2.64. The normalized spacial score (nSPS) is 11.2. The number of Topliss-reactive ketones (excluding diaryl/α,β-unsaturated/α-hetero) is 1. The molecule has 4 nitrogen and oxygen atoms in total. The molecule has 0 amide bonds. The number of nitrogen functional groups attached to an aromatic ring is 1. The molecule has 0 aliphatic rings. The molecular formula is C15H26N2O2S. The van der Waals surface area contributed by atoms with E-state index in [9.17, 15) is 4.79 Å². The lowest BCUT2D eigenvalue weighted by atomic mass is 10.1. The molecule has 0 bridgehead atoms. The summed E-state index contributed by atoms with van der Waals surface area (Å²) < 4.78 is 5.44. The van der Waals surface area contributed by atoms with E-state index in [0.29, 0.717) is 28.1 Å². The van der Waals surface area contributed by atoms with Gasteiger partial charge >= 0.3 is 0 Å². The van der Waals surface area contributed by atoms with Crippen LogP contribution in [0.15, 0.2) is 0 Å². The Kier molecular flexibility index (Phi) is 5.87. The monoisotopic (exact) mass is 298 g/mol. The van der Waals surface area contributed by atoms with Gasteiger partial charge in [0.1, 0.15) is 5.00 Å². The molecular weight excluding hydrogens is 272 g/mol. The predicted octanol–water partition coefficient (Wildman–Crippen LogP) is 3.66. The molecule has 0 atom stereocenters. The highest BCUT2D eigenvalue weighted by Gasteiger charge is 2.24. The lowest BCUT2D eigenvalue weighted by Crippen LogP contribution is -2.30. The molecule has 20 heavy (non-hydrogen) atoms. The van der Waals surface area contributed by atoms with E-state index in [2.05, 4.69) is 32.6 Å². The highest BCUT2D eigenvalue weighted by molar-refractivity contribution is 7.19. The fourth-order valence-electron chi connectivity index (χ4n) is 2.21. The van der Waals surface area contributed by atoms with Gasteiger partial charge in [0, 0.05) is 20.0 Å². The summed E-state index contributed by atoms with van der Waals surface area (Å²) in [6, 6.07) is 0. The Hall–Kier alpha value is -1.23. The van der Waals surface area contributed by atoms with Gasteiger partial charge in [-0.05, 0) is 11.8 Å². The van der Waals surface area contributed by atoms with Crippen molar-refractivity contribution < 1.29 is 9.53 Å². The van der Waals surface area contributed by atoms with E-state index < -0.39 is 0 Å². The van der Waals surface area contributed by atoms with Crippen molar-refractivity contribution in [2.24, 2.45) is 11.8 Å². The maximum absolute atomic E-state index is 11.7. The number of carbonyl (C=O) groups excluding carboxylic acids is 1. The van der Waals surface area contributed by atoms with E-state index in [1.165, 1.54) is 11.3 Å². The molecule has 2 N–H and O–H groups in total. The molecule has 0 fully saturated rings. The van der Waals surface area contributed by atoms with E-state index in [0.717, 1.165) is 18.1 Å². The zero-order valence-corrected chi connectivity index (χ0v) is 14.1. The molecule has 0 aromatic carbocycles. The van der Waals surface area contributed by atoms with Gasteiger partial charge in [-0.25, -0.2) is 0 Å². The van der Waals surface area contributed by atoms with E-state index in [1.54, 1.807) is 14.0 Å². The van der Waals surface area contributed by atoms with Gasteiger partial charge in [0.25, 0.3) is 0 Å². The third-order valence-corrected chi connectivity index (χ3v) is 4.21. The molecule has 0 unspecified atom stereocenters. The van der Waals surface area contributed by atoms with E-state index in [1.807, 2.05) is 0 Å². The number of rotatable bonds is 7. The van der Waals surface area contributed by atoms with Gasteiger partial charge in [-0.2, -0.15) is 0 Å². The zero-order valence-electron chi connectivity index (χ0n) is 13.3. The summed E-state index contributed by atoms with van der Waals surface area (Å²) in [5.74, 6) is 1.69. The molecule has 114 valence electrons. The number of methoxy groups -OCH3 is 1. The second kappa shape index (κ2) is 6.97. The molecule has 5 heteroatoms. The largest absolute Gasteiger partial charge is 0.492 e. The number of ether oxygens (including phenoxy) is 1. The van der Waals surface area contributed by atoms with Crippen LogP contribution in [0.2, 0.25) is 0 Å². The van der Waals surface area contributed by atoms with Crippen LogP contribution >= 0.6 is 11.3 Å². The lowest BCUT2D eigenvalue weighted by molar-refractivity contribution is 0.102. The summed E-state index contributed by atoms with van der Waals surface area (Å²) in [7, 11) is 1.61. The van der Waals surface area contributed by atoms with Gasteiger partial charge in [-0.3, -0.25) is 4.79 Å². The number of nitrogens with zero attached hydrogens (tertiary/aromatic N) is 1. The van der Waals surface area contributed by atoms with Crippen molar-refractivity contribution in [2.75, 3.05) is 30.8 Å². The third kappa shape index (κ3) is 3.88. The van der Waals surface area contributed by atoms with Crippen molar-refractivity contribution in [1.82, 2.24) is 0 Å². The van der Waals surface area contributed by atoms with Crippen LogP contribution in [0.25, 0.3) is 0 Å². The second-order valence-electron chi connectivity index (χ2n) is 5.93. The quantitative estimate of drug-likeness (QED) is 0.781. The lowest BCUT2D eigenvalue weighted by Gasteiger charge is -2.27. The number of carbonyl (C=O) groups is 1. The summed E-state index contributed by atoms with van der Waals surface area (Å²) in [4.78, 5) is 14.5. The van der Waals surface area contributed by atoms with E-state index in [-0.39, 0.29) is 5.78 Å². The Balaban J connectivity index is 3.24. The summed E-state index contributed by atoms with van der Waals surface area (Å²) in [5, 5.41) is 0.970. The molecule has 1 aromatic heterocycles. The highest BCUT2D eigenvalue weighted by atomic mass is 32.1. The maximum Gasteiger partial charge on any atom is 0.177 e. The summed E-state index contributed by atoms with van der Waals surface area (Å²) in [6.07, 6.45) is 0. The van der Waals surface area contributed by atoms with Crippen LogP contribution in [0.1, 0.15) is 44.3 Å². The number of ketones is 1. The summed E-state index contributed by atoms with van der Waals surface area (Å²) in [5.41, 5.74) is 6.52. The van der Waals surface area contributed by atoms with Crippen molar-refractivity contribution in [2.45, 2.75) is 34.6 Å². The smallest absolute Gasteiger partial charge is 0.177 e. The molecule has 0 aliphatic heterocycles. The molecule has 0 aliphatic carbocycles. The maximum atomic E-state index is 11.7. The van der Waals surface area contributed by atoms with Crippen molar-refractivity contribution >= 4 is 27.8 Å². The SMILES string of the molecule is COc1c(N(CC(C)C)CC(C)C)sc(C(C)=O)c1N. The Labute approximate surface area is 125 Å². The molecule has 0 saturated carbocycles. The Bertz CT molecular complexity index is 457. The fourth-order valence-corrected chi connectivity index (χ4v) is 3.31. The van der Waals surface area contributed by atoms with Gasteiger partial charge in [0.15, 0.2) is 11.5 Å². The number of hydrogen-bond donors (Lipinski definition) is 1. The summed E-state index contributed by atoms with van der Waals surface area (Å²) in [6.45, 7) is 12.1. The number of hydrogen-bond acceptors (Lipinski definition) is 5. The Morgan fingerprint density at radius 3 is 2.10 bits per heavy atom. The molecule has 1 rings (SSSR count). The minimum absolute atomic E-state index is 0.00825. The Morgan fingerprint density at radius 1 is 1.25 bits per heavy atom. The number of anilines is 2. The topological polar surface area (TPSA) is 55.6 Å². The van der Waals surface area contributed by atoms with Crippen LogP contribution in [-0.2, 0) is 0 Å². The van der Waals surface area contributed by atoms with Crippen LogP contribution in [0.5, 0.6) is 5.75 Å². The first-order valence-corrected chi connectivity index (χ1v) is 7.81. The van der Waals surface area contributed by atoms with Gasteiger partial charge in [0.2, 0.25) is 0 Å². The minimum Gasteiger partial charge on any atom is -0.492 e. The zero-order chi connectivity index (χ0) is 15.4. The van der Waals surface area contributed by atoms with Crippen LogP contribution in [-0.4, -0.2) is 26.0 Å².